The molecule has 1 amide bonds. The first-order chi connectivity index (χ1) is 8.25. The van der Waals surface area contributed by atoms with E-state index in [4.69, 9.17) is 0 Å². The van der Waals surface area contributed by atoms with Crippen LogP contribution in [0.2, 0.25) is 0 Å². The third kappa shape index (κ3) is 1.91. The van der Waals surface area contributed by atoms with Gasteiger partial charge in [-0.05, 0) is 47.4 Å². The van der Waals surface area contributed by atoms with E-state index in [0.717, 1.165) is 30.0 Å². The molecule has 2 aromatic rings. The molecule has 3 rings (SSSR count). The van der Waals surface area contributed by atoms with Gasteiger partial charge in [-0.15, -0.1) is 22.7 Å². The second kappa shape index (κ2) is 4.27. The largest absolute Gasteiger partial charge is 0.333 e. The minimum atomic E-state index is 0.189. The van der Waals surface area contributed by atoms with E-state index in [0.29, 0.717) is 0 Å². The monoisotopic (exact) mass is 263 g/mol. The van der Waals surface area contributed by atoms with Gasteiger partial charge in [0.05, 0.1) is 4.88 Å². The van der Waals surface area contributed by atoms with Gasteiger partial charge in [-0.1, -0.05) is 0 Å². The van der Waals surface area contributed by atoms with Gasteiger partial charge in [0.25, 0.3) is 5.91 Å². The van der Waals surface area contributed by atoms with E-state index in [1.807, 2.05) is 23.3 Å². The molecule has 1 aliphatic rings. The van der Waals surface area contributed by atoms with Crippen molar-refractivity contribution in [2.75, 3.05) is 6.54 Å². The predicted molar refractivity (Wildman–Crippen MR) is 71.8 cm³/mol. The molecule has 3 heterocycles. The number of thiophene rings is 2. The minimum Gasteiger partial charge on any atom is -0.333 e. The topological polar surface area (TPSA) is 20.3 Å². The number of amides is 1. The fraction of sp³-hybridized carbons (Fsp3) is 0.308. The molecule has 0 saturated heterocycles. The molecular formula is C13H13NOS2. The molecule has 0 aliphatic carbocycles. The van der Waals surface area contributed by atoms with E-state index in [9.17, 15) is 4.79 Å². The molecular weight excluding hydrogens is 250 g/mol. The van der Waals surface area contributed by atoms with Gasteiger partial charge >= 0.3 is 0 Å². The first kappa shape index (κ1) is 11.0. The van der Waals surface area contributed by atoms with Crippen LogP contribution >= 0.6 is 22.7 Å². The molecule has 0 radical (unpaired) electrons. The standard InChI is InChI=1S/C13H13NOS2/c1-9-3-6-17-12(9)13(15)14-5-2-11-10(8-14)4-7-16-11/h3-4,6-7H,2,5,8H2,1H3. The summed E-state index contributed by atoms with van der Waals surface area (Å²) < 4.78 is 0. The zero-order valence-electron chi connectivity index (χ0n) is 9.60. The molecule has 0 bridgehead atoms. The quantitative estimate of drug-likeness (QED) is 0.773. The Hall–Kier alpha value is -1.13. The lowest BCUT2D eigenvalue weighted by molar-refractivity contribution is 0.0740. The summed E-state index contributed by atoms with van der Waals surface area (Å²) in [7, 11) is 0. The maximum Gasteiger partial charge on any atom is 0.264 e. The third-order valence-corrected chi connectivity index (χ3v) is 5.18. The van der Waals surface area contributed by atoms with Crippen LogP contribution in [-0.2, 0) is 13.0 Å². The van der Waals surface area contributed by atoms with Gasteiger partial charge in [0.15, 0.2) is 0 Å². The van der Waals surface area contributed by atoms with Crippen molar-refractivity contribution in [1.82, 2.24) is 4.90 Å². The van der Waals surface area contributed by atoms with Crippen LogP contribution in [0.4, 0.5) is 0 Å². The first-order valence-electron chi connectivity index (χ1n) is 5.64. The van der Waals surface area contributed by atoms with E-state index in [1.54, 1.807) is 22.7 Å². The highest BCUT2D eigenvalue weighted by atomic mass is 32.1. The van der Waals surface area contributed by atoms with Crippen molar-refractivity contribution in [2.45, 2.75) is 19.9 Å². The summed E-state index contributed by atoms with van der Waals surface area (Å²) in [5.74, 6) is 0.189. The first-order valence-corrected chi connectivity index (χ1v) is 7.40. The highest BCUT2D eigenvalue weighted by Crippen LogP contribution is 2.26. The van der Waals surface area contributed by atoms with Crippen LogP contribution < -0.4 is 0 Å². The molecule has 4 heteroatoms. The van der Waals surface area contributed by atoms with E-state index in [2.05, 4.69) is 11.4 Å². The second-order valence-electron chi connectivity index (χ2n) is 4.28. The Morgan fingerprint density at radius 1 is 1.29 bits per heavy atom. The number of carbonyl (C=O) groups excluding carboxylic acids is 1. The zero-order valence-corrected chi connectivity index (χ0v) is 11.2. The van der Waals surface area contributed by atoms with Gasteiger partial charge in [0, 0.05) is 18.0 Å². The Morgan fingerprint density at radius 2 is 2.12 bits per heavy atom. The Morgan fingerprint density at radius 3 is 2.88 bits per heavy atom. The van der Waals surface area contributed by atoms with Gasteiger partial charge in [-0.3, -0.25) is 4.79 Å². The number of fused-ring (bicyclic) bond motifs is 1. The van der Waals surface area contributed by atoms with E-state index in [1.165, 1.54) is 10.4 Å². The lowest BCUT2D eigenvalue weighted by Crippen LogP contribution is -2.35. The average Bonchev–Trinajstić information content (AvgIpc) is 2.95. The second-order valence-corrected chi connectivity index (χ2v) is 6.20. The normalized spacial score (nSPS) is 14.8. The van der Waals surface area contributed by atoms with Gasteiger partial charge < -0.3 is 4.90 Å². The van der Waals surface area contributed by atoms with Crippen LogP contribution in [0, 0.1) is 6.92 Å². The fourth-order valence-electron chi connectivity index (χ4n) is 2.16. The molecule has 88 valence electrons. The summed E-state index contributed by atoms with van der Waals surface area (Å²) in [6.45, 7) is 3.63. The summed E-state index contributed by atoms with van der Waals surface area (Å²) in [5.41, 5.74) is 2.42. The highest BCUT2D eigenvalue weighted by Gasteiger charge is 2.23. The minimum absolute atomic E-state index is 0.189. The van der Waals surface area contributed by atoms with E-state index in [-0.39, 0.29) is 5.91 Å². The lowest BCUT2D eigenvalue weighted by Gasteiger charge is -2.26. The fourth-order valence-corrected chi connectivity index (χ4v) is 3.94. The molecule has 0 saturated carbocycles. The Labute approximate surface area is 109 Å². The van der Waals surface area contributed by atoms with Gasteiger partial charge in [0.2, 0.25) is 0 Å². The number of aryl methyl sites for hydroxylation is 1. The smallest absolute Gasteiger partial charge is 0.264 e. The molecule has 2 nitrogen and oxygen atoms in total. The number of hydrogen-bond donors (Lipinski definition) is 0. The molecule has 0 N–H and O–H groups in total. The molecule has 1 aliphatic heterocycles. The van der Waals surface area contributed by atoms with Crippen LogP contribution in [-0.4, -0.2) is 17.4 Å². The van der Waals surface area contributed by atoms with Crippen LogP contribution in [0.25, 0.3) is 0 Å². The van der Waals surface area contributed by atoms with Crippen molar-refractivity contribution < 1.29 is 4.79 Å². The third-order valence-electron chi connectivity index (χ3n) is 3.15. The molecule has 0 atom stereocenters. The number of hydrogen-bond acceptors (Lipinski definition) is 3. The summed E-state index contributed by atoms with van der Waals surface area (Å²) in [6, 6.07) is 4.15. The summed E-state index contributed by atoms with van der Waals surface area (Å²) in [6.07, 6.45) is 1.00. The van der Waals surface area contributed by atoms with Crippen LogP contribution in [0.5, 0.6) is 0 Å². The van der Waals surface area contributed by atoms with Crippen LogP contribution in [0.1, 0.15) is 25.7 Å². The molecule has 2 aromatic heterocycles. The summed E-state index contributed by atoms with van der Waals surface area (Å²) >= 11 is 3.35. The van der Waals surface area contributed by atoms with Gasteiger partial charge in [0.1, 0.15) is 0 Å². The van der Waals surface area contributed by atoms with E-state index >= 15 is 0 Å². The number of rotatable bonds is 1. The molecule has 17 heavy (non-hydrogen) atoms. The van der Waals surface area contributed by atoms with Crippen molar-refractivity contribution in [1.29, 1.82) is 0 Å². The number of carbonyl (C=O) groups is 1. The van der Waals surface area contributed by atoms with Gasteiger partial charge in [-0.25, -0.2) is 0 Å². The predicted octanol–water partition coefficient (Wildman–Crippen LogP) is 3.32. The molecule has 0 fully saturated rings. The maximum absolute atomic E-state index is 12.4. The Bertz CT molecular complexity index is 555. The molecule has 0 spiro atoms. The van der Waals surface area contributed by atoms with Crippen molar-refractivity contribution in [3.05, 3.63) is 43.8 Å². The maximum atomic E-state index is 12.4. The Balaban J connectivity index is 1.84. The molecule has 0 unspecified atom stereocenters. The highest BCUT2D eigenvalue weighted by molar-refractivity contribution is 7.12. The van der Waals surface area contributed by atoms with Crippen molar-refractivity contribution in [3.63, 3.8) is 0 Å². The van der Waals surface area contributed by atoms with E-state index < -0.39 is 0 Å². The van der Waals surface area contributed by atoms with Crippen molar-refractivity contribution in [2.24, 2.45) is 0 Å². The molecule has 0 aromatic carbocycles. The zero-order chi connectivity index (χ0) is 11.8. The van der Waals surface area contributed by atoms with Crippen LogP contribution in [0.3, 0.4) is 0 Å². The average molecular weight is 263 g/mol. The summed E-state index contributed by atoms with van der Waals surface area (Å²) in [4.78, 5) is 16.7. The van der Waals surface area contributed by atoms with Crippen molar-refractivity contribution >= 4 is 28.6 Å². The van der Waals surface area contributed by atoms with Gasteiger partial charge in [-0.2, -0.15) is 0 Å². The SMILES string of the molecule is Cc1ccsc1C(=O)N1CCc2sccc2C1. The van der Waals surface area contributed by atoms with Crippen molar-refractivity contribution in [3.8, 4) is 0 Å². The lowest BCUT2D eigenvalue weighted by atomic mass is 10.1. The Kier molecular flexibility index (Phi) is 2.76. The number of nitrogens with zero attached hydrogens (tertiary/aromatic N) is 1. The van der Waals surface area contributed by atoms with Crippen LogP contribution in [0.15, 0.2) is 22.9 Å². The summed E-state index contributed by atoms with van der Waals surface area (Å²) in [5, 5.41) is 4.11.